The lowest BCUT2D eigenvalue weighted by Gasteiger charge is -2.34. The molecule has 1 atom stereocenters. The van der Waals surface area contributed by atoms with Gasteiger partial charge >= 0.3 is 5.97 Å². The predicted molar refractivity (Wildman–Crippen MR) is 73.0 cm³/mol. The van der Waals surface area contributed by atoms with Gasteiger partial charge in [-0.15, -0.1) is 0 Å². The van der Waals surface area contributed by atoms with Gasteiger partial charge in [0.25, 0.3) is 0 Å². The van der Waals surface area contributed by atoms with E-state index in [2.05, 4.69) is 4.90 Å². The van der Waals surface area contributed by atoms with Crippen LogP contribution in [0.5, 0.6) is 5.75 Å². The van der Waals surface area contributed by atoms with E-state index in [0.717, 1.165) is 37.6 Å². The number of nitrogens with zero attached hydrogens (tertiary/aromatic N) is 1. The number of cyclic esters (lactones) is 1. The van der Waals surface area contributed by atoms with Gasteiger partial charge in [0.1, 0.15) is 11.4 Å². The van der Waals surface area contributed by atoms with Crippen LogP contribution in [-0.4, -0.2) is 50.8 Å². The summed E-state index contributed by atoms with van der Waals surface area (Å²) >= 11 is 0. The first-order chi connectivity index (χ1) is 9.62. The number of fused-ring (bicyclic) bond motifs is 1. The van der Waals surface area contributed by atoms with Gasteiger partial charge in [0.2, 0.25) is 0 Å². The van der Waals surface area contributed by atoms with Gasteiger partial charge in [-0.05, 0) is 25.1 Å². The van der Waals surface area contributed by atoms with E-state index in [-0.39, 0.29) is 5.97 Å². The first-order valence-corrected chi connectivity index (χ1v) is 6.84. The van der Waals surface area contributed by atoms with Crippen LogP contribution in [0.1, 0.15) is 22.8 Å². The summed E-state index contributed by atoms with van der Waals surface area (Å²) < 4.78 is 16.3. The molecule has 2 aliphatic rings. The molecular formula is C15H19NO4. The van der Waals surface area contributed by atoms with Gasteiger partial charge < -0.3 is 14.2 Å². The van der Waals surface area contributed by atoms with E-state index in [9.17, 15) is 4.79 Å². The second-order valence-corrected chi connectivity index (χ2v) is 5.42. The van der Waals surface area contributed by atoms with Crippen molar-refractivity contribution in [2.24, 2.45) is 0 Å². The molecular weight excluding hydrogens is 258 g/mol. The molecule has 0 bridgehead atoms. The second kappa shape index (κ2) is 5.07. The first kappa shape index (κ1) is 13.4. The number of rotatable bonds is 3. The molecule has 1 fully saturated rings. The molecule has 0 amide bonds. The van der Waals surface area contributed by atoms with E-state index >= 15 is 0 Å². The zero-order valence-electron chi connectivity index (χ0n) is 11.8. The first-order valence-electron chi connectivity index (χ1n) is 6.84. The molecule has 0 aromatic heterocycles. The van der Waals surface area contributed by atoms with E-state index < -0.39 is 5.60 Å². The average Bonchev–Trinajstić information content (AvgIpc) is 2.71. The number of hydrogen-bond acceptors (Lipinski definition) is 5. The van der Waals surface area contributed by atoms with Crippen molar-refractivity contribution in [3.63, 3.8) is 0 Å². The van der Waals surface area contributed by atoms with Crippen LogP contribution >= 0.6 is 0 Å². The van der Waals surface area contributed by atoms with E-state index in [1.807, 2.05) is 13.0 Å². The Morgan fingerprint density at radius 3 is 2.80 bits per heavy atom. The highest BCUT2D eigenvalue weighted by Crippen LogP contribution is 2.38. The minimum atomic E-state index is -0.613. The minimum absolute atomic E-state index is 0.251. The molecule has 3 rings (SSSR count). The number of esters is 1. The normalized spacial score (nSPS) is 26.2. The molecule has 1 aromatic carbocycles. The molecule has 5 heteroatoms. The average molecular weight is 277 g/mol. The molecule has 1 aromatic rings. The molecule has 2 aliphatic heterocycles. The highest BCUT2D eigenvalue weighted by atomic mass is 16.6. The lowest BCUT2D eigenvalue weighted by atomic mass is 9.93. The summed E-state index contributed by atoms with van der Waals surface area (Å²) in [6.45, 7) is 5.84. The Morgan fingerprint density at radius 1 is 1.35 bits per heavy atom. The van der Waals surface area contributed by atoms with Crippen molar-refractivity contribution in [3.8, 4) is 5.75 Å². The Kier molecular flexibility index (Phi) is 3.40. The molecule has 0 radical (unpaired) electrons. The van der Waals surface area contributed by atoms with Crippen molar-refractivity contribution in [2.45, 2.75) is 12.5 Å². The van der Waals surface area contributed by atoms with E-state index in [1.54, 1.807) is 19.2 Å². The molecule has 2 heterocycles. The smallest absolute Gasteiger partial charge is 0.339 e. The Bertz CT molecular complexity index is 525. The van der Waals surface area contributed by atoms with E-state index in [0.29, 0.717) is 12.1 Å². The fourth-order valence-electron chi connectivity index (χ4n) is 2.88. The van der Waals surface area contributed by atoms with Gasteiger partial charge in [-0.25, -0.2) is 4.79 Å². The third kappa shape index (κ3) is 2.27. The van der Waals surface area contributed by atoms with Crippen LogP contribution in [0.25, 0.3) is 0 Å². The maximum atomic E-state index is 12.0. The van der Waals surface area contributed by atoms with Crippen molar-refractivity contribution in [1.82, 2.24) is 4.90 Å². The molecule has 0 saturated carbocycles. The summed E-state index contributed by atoms with van der Waals surface area (Å²) in [6, 6.07) is 5.47. The summed E-state index contributed by atoms with van der Waals surface area (Å²) in [7, 11) is 1.62. The topological polar surface area (TPSA) is 48.0 Å². The van der Waals surface area contributed by atoms with Crippen molar-refractivity contribution in [1.29, 1.82) is 0 Å². The van der Waals surface area contributed by atoms with Crippen LogP contribution in [0.2, 0.25) is 0 Å². The number of ether oxygens (including phenoxy) is 3. The molecule has 1 saturated heterocycles. The monoisotopic (exact) mass is 277 g/mol. The van der Waals surface area contributed by atoms with E-state index in [4.69, 9.17) is 14.2 Å². The lowest BCUT2D eigenvalue weighted by Crippen LogP contribution is -2.44. The van der Waals surface area contributed by atoms with Gasteiger partial charge in [0.05, 0.1) is 25.9 Å². The van der Waals surface area contributed by atoms with Crippen molar-refractivity contribution in [2.75, 3.05) is 40.0 Å². The summed E-state index contributed by atoms with van der Waals surface area (Å²) in [4.78, 5) is 14.3. The fraction of sp³-hybridized carbons (Fsp3) is 0.533. The molecule has 108 valence electrons. The Balaban J connectivity index is 1.89. The molecule has 5 nitrogen and oxygen atoms in total. The van der Waals surface area contributed by atoms with Gasteiger partial charge in [-0.1, -0.05) is 0 Å². The molecule has 20 heavy (non-hydrogen) atoms. The third-order valence-electron chi connectivity index (χ3n) is 3.96. The Labute approximate surface area is 118 Å². The maximum Gasteiger partial charge on any atom is 0.339 e. The van der Waals surface area contributed by atoms with Crippen LogP contribution in [0.4, 0.5) is 0 Å². The summed E-state index contributed by atoms with van der Waals surface area (Å²) in [6.07, 6.45) is 0. The van der Waals surface area contributed by atoms with Crippen molar-refractivity contribution < 1.29 is 19.0 Å². The second-order valence-electron chi connectivity index (χ2n) is 5.42. The maximum absolute atomic E-state index is 12.0. The number of carbonyl (C=O) groups is 1. The van der Waals surface area contributed by atoms with Crippen LogP contribution in [-0.2, 0) is 15.1 Å². The lowest BCUT2D eigenvalue weighted by molar-refractivity contribution is -0.0375. The number of methoxy groups -OCH3 is 1. The summed E-state index contributed by atoms with van der Waals surface area (Å²) in [5.41, 5.74) is 0.938. The van der Waals surface area contributed by atoms with Crippen LogP contribution in [0.15, 0.2) is 18.2 Å². The number of morpholine rings is 1. The summed E-state index contributed by atoms with van der Waals surface area (Å²) in [5.74, 6) is 0.494. The molecule has 0 spiro atoms. The SMILES string of the molecule is COc1ccc2c(c1)[C@@](C)(CN1CCOCC1)OC2=O. The number of benzene rings is 1. The fourth-order valence-corrected chi connectivity index (χ4v) is 2.88. The van der Waals surface area contributed by atoms with Crippen molar-refractivity contribution >= 4 is 5.97 Å². The van der Waals surface area contributed by atoms with E-state index in [1.165, 1.54) is 0 Å². The summed E-state index contributed by atoms with van der Waals surface area (Å²) in [5, 5.41) is 0. The third-order valence-corrected chi connectivity index (χ3v) is 3.96. The standard InChI is InChI=1S/C15H19NO4/c1-15(10-16-5-7-19-8-6-16)13-9-11(18-2)3-4-12(13)14(17)20-15/h3-4,9H,5-8,10H2,1-2H3/t15-/m1/s1. The number of carbonyl (C=O) groups excluding carboxylic acids is 1. The van der Waals surface area contributed by atoms with Gasteiger partial charge in [0.15, 0.2) is 0 Å². The van der Waals surface area contributed by atoms with Gasteiger partial charge in [-0.3, -0.25) is 4.90 Å². The van der Waals surface area contributed by atoms with Crippen molar-refractivity contribution in [3.05, 3.63) is 29.3 Å². The molecule has 0 N–H and O–H groups in total. The Morgan fingerprint density at radius 2 is 2.10 bits per heavy atom. The quantitative estimate of drug-likeness (QED) is 0.782. The minimum Gasteiger partial charge on any atom is -0.497 e. The predicted octanol–water partition coefficient (Wildman–Crippen LogP) is 1.41. The van der Waals surface area contributed by atoms with Crippen LogP contribution in [0.3, 0.4) is 0 Å². The van der Waals surface area contributed by atoms with Crippen LogP contribution < -0.4 is 4.74 Å². The zero-order valence-corrected chi connectivity index (χ0v) is 11.8. The molecule has 0 aliphatic carbocycles. The van der Waals surface area contributed by atoms with Gasteiger partial charge in [0, 0.05) is 25.2 Å². The van der Waals surface area contributed by atoms with Gasteiger partial charge in [-0.2, -0.15) is 0 Å². The zero-order chi connectivity index (χ0) is 14.2. The highest BCUT2D eigenvalue weighted by Gasteiger charge is 2.43. The number of hydrogen-bond donors (Lipinski definition) is 0. The largest absolute Gasteiger partial charge is 0.497 e. The Hall–Kier alpha value is -1.59. The molecule has 0 unspecified atom stereocenters. The highest BCUT2D eigenvalue weighted by molar-refractivity contribution is 5.95. The van der Waals surface area contributed by atoms with Crippen LogP contribution in [0, 0.1) is 0 Å².